The number of H-pyrrole nitrogens is 1. The molecule has 3 aromatic rings. The molecule has 3 rings (SSSR count). The zero-order valence-corrected chi connectivity index (χ0v) is 11.7. The van der Waals surface area contributed by atoms with Crippen molar-refractivity contribution in [2.75, 3.05) is 31.4 Å². The van der Waals surface area contributed by atoms with Crippen LogP contribution in [0.15, 0.2) is 30.5 Å². The van der Waals surface area contributed by atoms with Gasteiger partial charge in [0.05, 0.1) is 17.3 Å². The van der Waals surface area contributed by atoms with Crippen LogP contribution in [0.1, 0.15) is 0 Å². The molecule has 2 heterocycles. The quantitative estimate of drug-likeness (QED) is 0.761. The zero-order valence-electron chi connectivity index (χ0n) is 11.7. The van der Waals surface area contributed by atoms with Gasteiger partial charge in [0.1, 0.15) is 0 Å². The van der Waals surface area contributed by atoms with Crippen LogP contribution in [-0.2, 0) is 0 Å². The molecule has 0 spiro atoms. The molecule has 2 N–H and O–H groups in total. The number of nitrogens with one attached hydrogen (secondary N) is 2. The monoisotopic (exact) mass is 268 g/mol. The van der Waals surface area contributed by atoms with Crippen LogP contribution in [0, 0.1) is 0 Å². The van der Waals surface area contributed by atoms with Gasteiger partial charge in [-0.25, -0.2) is 4.98 Å². The van der Waals surface area contributed by atoms with Gasteiger partial charge in [0.15, 0.2) is 5.65 Å². The molecule has 20 heavy (non-hydrogen) atoms. The average Bonchev–Trinajstić information content (AvgIpc) is 2.94. The van der Waals surface area contributed by atoms with Crippen LogP contribution in [0.4, 0.5) is 11.6 Å². The van der Waals surface area contributed by atoms with Crippen molar-refractivity contribution < 1.29 is 0 Å². The second kappa shape index (κ2) is 4.80. The van der Waals surface area contributed by atoms with Crippen LogP contribution < -0.4 is 10.2 Å². The molecule has 1 aromatic carbocycles. The predicted molar refractivity (Wildman–Crippen MR) is 81.0 cm³/mol. The van der Waals surface area contributed by atoms with Crippen molar-refractivity contribution >= 4 is 22.7 Å². The second-order valence-corrected chi connectivity index (χ2v) is 4.72. The fraction of sp³-hybridized carbons (Fsp3) is 0.214. The van der Waals surface area contributed by atoms with E-state index in [0.29, 0.717) is 5.95 Å². The fourth-order valence-corrected chi connectivity index (χ4v) is 2.08. The Hall–Kier alpha value is -2.63. The molecule has 0 aliphatic heterocycles. The minimum Gasteiger partial charge on any atom is -0.378 e. The topological polar surface area (TPSA) is 69.7 Å². The highest BCUT2D eigenvalue weighted by Crippen LogP contribution is 2.27. The third kappa shape index (κ3) is 2.05. The van der Waals surface area contributed by atoms with Crippen molar-refractivity contribution in [2.24, 2.45) is 0 Å². The first-order valence-electron chi connectivity index (χ1n) is 6.35. The van der Waals surface area contributed by atoms with E-state index in [9.17, 15) is 0 Å². The summed E-state index contributed by atoms with van der Waals surface area (Å²) in [6.45, 7) is 0. The highest BCUT2D eigenvalue weighted by atomic mass is 15.2. The third-order valence-corrected chi connectivity index (χ3v) is 3.19. The molecule has 0 fully saturated rings. The van der Waals surface area contributed by atoms with Crippen LogP contribution >= 0.6 is 0 Å². The largest absolute Gasteiger partial charge is 0.378 e. The Morgan fingerprint density at radius 1 is 1.10 bits per heavy atom. The van der Waals surface area contributed by atoms with Gasteiger partial charge in [-0.1, -0.05) is 12.1 Å². The molecule has 2 aromatic heterocycles. The summed E-state index contributed by atoms with van der Waals surface area (Å²) in [5, 5.41) is 10.8. The third-order valence-electron chi connectivity index (χ3n) is 3.19. The summed E-state index contributed by atoms with van der Waals surface area (Å²) in [5.74, 6) is 0.577. The van der Waals surface area contributed by atoms with Crippen molar-refractivity contribution in [1.29, 1.82) is 0 Å². The van der Waals surface area contributed by atoms with E-state index in [1.54, 1.807) is 13.2 Å². The molecular formula is C14H16N6. The number of fused-ring (bicyclic) bond motifs is 1. The Labute approximate surface area is 116 Å². The molecule has 0 saturated carbocycles. The van der Waals surface area contributed by atoms with Crippen molar-refractivity contribution in [3.8, 4) is 11.3 Å². The summed E-state index contributed by atoms with van der Waals surface area (Å²) < 4.78 is 0. The highest BCUT2D eigenvalue weighted by Gasteiger charge is 2.11. The predicted octanol–water partition coefficient (Wildman–Crippen LogP) is 2.13. The Morgan fingerprint density at radius 3 is 2.50 bits per heavy atom. The Morgan fingerprint density at radius 2 is 1.85 bits per heavy atom. The molecule has 6 nitrogen and oxygen atoms in total. The van der Waals surface area contributed by atoms with Gasteiger partial charge in [-0.05, 0) is 12.1 Å². The number of nitrogens with zero attached hydrogens (tertiary/aromatic N) is 4. The van der Waals surface area contributed by atoms with Gasteiger partial charge in [-0.15, -0.1) is 0 Å². The molecule has 6 heteroatoms. The van der Waals surface area contributed by atoms with Gasteiger partial charge >= 0.3 is 0 Å². The van der Waals surface area contributed by atoms with Crippen LogP contribution in [0.2, 0.25) is 0 Å². The molecule has 0 unspecified atom stereocenters. The lowest BCUT2D eigenvalue weighted by Gasteiger charge is -2.13. The van der Waals surface area contributed by atoms with Crippen molar-refractivity contribution in [3.05, 3.63) is 30.5 Å². The summed E-state index contributed by atoms with van der Waals surface area (Å²) in [6, 6.07) is 8.26. The molecule has 0 atom stereocenters. The SMILES string of the molecule is CNc1nc(-c2ccc(N(C)C)cc2)c2cn[nH]c2n1. The maximum atomic E-state index is 4.54. The number of rotatable bonds is 3. The van der Waals surface area contributed by atoms with Crippen LogP contribution in [0.3, 0.4) is 0 Å². The Balaban J connectivity index is 2.15. The van der Waals surface area contributed by atoms with Crippen molar-refractivity contribution in [2.45, 2.75) is 0 Å². The highest BCUT2D eigenvalue weighted by molar-refractivity contribution is 5.90. The van der Waals surface area contributed by atoms with Crippen LogP contribution in [0.25, 0.3) is 22.3 Å². The van der Waals surface area contributed by atoms with Gasteiger partial charge in [0, 0.05) is 32.4 Å². The molecule has 0 radical (unpaired) electrons. The molecule has 0 bridgehead atoms. The first-order valence-corrected chi connectivity index (χ1v) is 6.35. The maximum Gasteiger partial charge on any atom is 0.225 e. The van der Waals surface area contributed by atoms with E-state index in [2.05, 4.69) is 54.6 Å². The molecular weight excluding hydrogens is 252 g/mol. The number of benzene rings is 1. The minimum absolute atomic E-state index is 0.577. The van der Waals surface area contributed by atoms with Gasteiger partial charge < -0.3 is 10.2 Å². The van der Waals surface area contributed by atoms with Crippen molar-refractivity contribution in [3.63, 3.8) is 0 Å². The maximum absolute atomic E-state index is 4.54. The van der Waals surface area contributed by atoms with Gasteiger partial charge in [-0.3, -0.25) is 5.10 Å². The van der Waals surface area contributed by atoms with E-state index in [0.717, 1.165) is 28.0 Å². The average molecular weight is 268 g/mol. The molecule has 0 amide bonds. The zero-order chi connectivity index (χ0) is 14.1. The second-order valence-electron chi connectivity index (χ2n) is 4.72. The van der Waals surface area contributed by atoms with Gasteiger partial charge in [0.25, 0.3) is 0 Å². The van der Waals surface area contributed by atoms with E-state index in [1.165, 1.54) is 0 Å². The number of hydrogen-bond acceptors (Lipinski definition) is 5. The fourth-order valence-electron chi connectivity index (χ4n) is 2.08. The Bertz CT molecular complexity index is 729. The summed E-state index contributed by atoms with van der Waals surface area (Å²) in [6.07, 6.45) is 1.75. The molecule has 0 aliphatic carbocycles. The van der Waals surface area contributed by atoms with Gasteiger partial charge in [-0.2, -0.15) is 10.1 Å². The number of hydrogen-bond donors (Lipinski definition) is 2. The van der Waals surface area contributed by atoms with E-state index < -0.39 is 0 Å². The smallest absolute Gasteiger partial charge is 0.225 e. The molecule has 0 aliphatic rings. The normalized spacial score (nSPS) is 10.8. The lowest BCUT2D eigenvalue weighted by molar-refractivity contribution is 1.09. The van der Waals surface area contributed by atoms with E-state index in [4.69, 9.17) is 0 Å². The number of anilines is 2. The summed E-state index contributed by atoms with van der Waals surface area (Å²) in [5.41, 5.74) is 3.80. The van der Waals surface area contributed by atoms with Crippen LogP contribution in [-0.4, -0.2) is 41.3 Å². The minimum atomic E-state index is 0.577. The first kappa shape index (κ1) is 12.4. The van der Waals surface area contributed by atoms with Gasteiger partial charge in [0.2, 0.25) is 5.95 Å². The van der Waals surface area contributed by atoms with E-state index >= 15 is 0 Å². The summed E-state index contributed by atoms with van der Waals surface area (Å²) in [7, 11) is 5.84. The number of aromatic nitrogens is 4. The molecule has 0 saturated heterocycles. The van der Waals surface area contributed by atoms with Crippen LogP contribution in [0.5, 0.6) is 0 Å². The standard InChI is InChI=1S/C14H16N6/c1-15-14-17-12(11-8-16-19-13(11)18-14)9-4-6-10(7-5-9)20(2)3/h4-8H,1-3H3,(H2,15,16,17,18,19). The van der Waals surface area contributed by atoms with E-state index in [1.807, 2.05) is 14.1 Å². The molecule has 102 valence electrons. The first-order chi connectivity index (χ1) is 9.69. The van der Waals surface area contributed by atoms with Crippen molar-refractivity contribution in [1.82, 2.24) is 20.2 Å². The summed E-state index contributed by atoms with van der Waals surface area (Å²) >= 11 is 0. The van der Waals surface area contributed by atoms with E-state index in [-0.39, 0.29) is 0 Å². The Kier molecular flexibility index (Phi) is 2.98. The number of aromatic amines is 1. The lowest BCUT2D eigenvalue weighted by atomic mass is 10.1. The summed E-state index contributed by atoms with van der Waals surface area (Å²) in [4.78, 5) is 10.9. The lowest BCUT2D eigenvalue weighted by Crippen LogP contribution is -2.08.